The molecular weight excluding hydrogens is 258 g/mol. The SMILES string of the molecule is CCC(NC(C)CCS(C)=O)c1ccc(OC)cc1. The van der Waals surface area contributed by atoms with Gasteiger partial charge in [0, 0.05) is 34.9 Å². The molecule has 0 aliphatic carbocycles. The van der Waals surface area contributed by atoms with Gasteiger partial charge in [0.25, 0.3) is 0 Å². The lowest BCUT2D eigenvalue weighted by Gasteiger charge is -2.22. The summed E-state index contributed by atoms with van der Waals surface area (Å²) in [5.41, 5.74) is 1.27. The predicted octanol–water partition coefficient (Wildman–Crippen LogP) is 2.89. The van der Waals surface area contributed by atoms with Crippen LogP contribution in [-0.2, 0) is 10.8 Å². The molecule has 19 heavy (non-hydrogen) atoms. The summed E-state index contributed by atoms with van der Waals surface area (Å²) in [6.07, 6.45) is 3.73. The third-order valence-corrected chi connectivity index (χ3v) is 4.06. The average Bonchev–Trinajstić information content (AvgIpc) is 2.42. The topological polar surface area (TPSA) is 38.3 Å². The molecular formula is C15H25NO2S. The second-order valence-electron chi connectivity index (χ2n) is 4.87. The molecule has 1 rings (SSSR count). The predicted molar refractivity (Wildman–Crippen MR) is 82.2 cm³/mol. The summed E-state index contributed by atoms with van der Waals surface area (Å²) in [6.45, 7) is 4.33. The Hall–Kier alpha value is -0.870. The Morgan fingerprint density at radius 1 is 1.32 bits per heavy atom. The molecule has 3 unspecified atom stereocenters. The maximum Gasteiger partial charge on any atom is 0.118 e. The monoisotopic (exact) mass is 283 g/mol. The van der Waals surface area contributed by atoms with Crippen LogP contribution < -0.4 is 10.1 Å². The highest BCUT2D eigenvalue weighted by molar-refractivity contribution is 7.84. The van der Waals surface area contributed by atoms with Crippen molar-refractivity contribution in [2.24, 2.45) is 0 Å². The van der Waals surface area contributed by atoms with Crippen LogP contribution in [0.25, 0.3) is 0 Å². The Morgan fingerprint density at radius 3 is 2.42 bits per heavy atom. The molecule has 0 saturated heterocycles. The Balaban J connectivity index is 2.58. The van der Waals surface area contributed by atoms with Gasteiger partial charge in [0.1, 0.15) is 5.75 Å². The molecule has 0 saturated carbocycles. The van der Waals surface area contributed by atoms with Crippen LogP contribution in [0.5, 0.6) is 5.75 Å². The van der Waals surface area contributed by atoms with E-state index in [-0.39, 0.29) is 0 Å². The number of ether oxygens (including phenoxy) is 1. The van der Waals surface area contributed by atoms with E-state index in [0.717, 1.165) is 24.3 Å². The van der Waals surface area contributed by atoms with E-state index < -0.39 is 10.8 Å². The first-order valence-electron chi connectivity index (χ1n) is 6.76. The largest absolute Gasteiger partial charge is 0.497 e. The Bertz CT molecular complexity index is 392. The van der Waals surface area contributed by atoms with Gasteiger partial charge in [0.05, 0.1) is 7.11 Å². The van der Waals surface area contributed by atoms with Crippen LogP contribution in [0.1, 0.15) is 38.3 Å². The maximum absolute atomic E-state index is 11.1. The summed E-state index contributed by atoms with van der Waals surface area (Å²) in [5.74, 6) is 1.64. The zero-order valence-corrected chi connectivity index (χ0v) is 13.1. The molecule has 0 heterocycles. The van der Waals surface area contributed by atoms with Crippen LogP contribution in [0.2, 0.25) is 0 Å². The normalized spacial score (nSPS) is 15.8. The number of hydrogen-bond acceptors (Lipinski definition) is 3. The van der Waals surface area contributed by atoms with Crippen LogP contribution in [0.3, 0.4) is 0 Å². The minimum atomic E-state index is -0.708. The lowest BCUT2D eigenvalue weighted by atomic mass is 10.0. The summed E-state index contributed by atoms with van der Waals surface area (Å²) in [5, 5.41) is 3.60. The summed E-state index contributed by atoms with van der Waals surface area (Å²) in [4.78, 5) is 0. The second kappa shape index (κ2) is 8.33. The van der Waals surface area contributed by atoms with Crippen LogP contribution in [0.15, 0.2) is 24.3 Å². The molecule has 1 N–H and O–H groups in total. The molecule has 1 aromatic rings. The van der Waals surface area contributed by atoms with E-state index in [2.05, 4.69) is 31.3 Å². The highest BCUT2D eigenvalue weighted by atomic mass is 32.2. The number of hydrogen-bond donors (Lipinski definition) is 1. The highest BCUT2D eigenvalue weighted by Crippen LogP contribution is 2.20. The van der Waals surface area contributed by atoms with Gasteiger partial charge in [0.15, 0.2) is 0 Å². The van der Waals surface area contributed by atoms with Crippen molar-refractivity contribution in [1.29, 1.82) is 0 Å². The van der Waals surface area contributed by atoms with Crippen LogP contribution in [0, 0.1) is 0 Å². The summed E-state index contributed by atoms with van der Waals surface area (Å²) in [7, 11) is 0.970. The number of benzene rings is 1. The van der Waals surface area contributed by atoms with E-state index in [4.69, 9.17) is 4.74 Å². The van der Waals surface area contributed by atoms with Gasteiger partial charge in [-0.25, -0.2) is 0 Å². The van der Waals surface area contributed by atoms with Crippen molar-refractivity contribution in [2.75, 3.05) is 19.1 Å². The minimum Gasteiger partial charge on any atom is -0.497 e. The minimum absolute atomic E-state index is 0.339. The van der Waals surface area contributed by atoms with E-state index >= 15 is 0 Å². The van der Waals surface area contributed by atoms with Gasteiger partial charge in [-0.2, -0.15) is 0 Å². The molecule has 108 valence electrons. The Kier molecular flexibility index (Phi) is 7.10. The molecule has 3 atom stereocenters. The Labute approximate surface area is 119 Å². The summed E-state index contributed by atoms with van der Waals surface area (Å²) >= 11 is 0. The van der Waals surface area contributed by atoms with Gasteiger partial charge < -0.3 is 10.1 Å². The van der Waals surface area contributed by atoms with Crippen LogP contribution >= 0.6 is 0 Å². The third-order valence-electron chi connectivity index (χ3n) is 3.25. The van der Waals surface area contributed by atoms with E-state index in [0.29, 0.717) is 12.1 Å². The van der Waals surface area contributed by atoms with Crippen molar-refractivity contribution in [1.82, 2.24) is 5.32 Å². The number of rotatable bonds is 8. The van der Waals surface area contributed by atoms with Gasteiger partial charge in [-0.15, -0.1) is 0 Å². The van der Waals surface area contributed by atoms with Crippen molar-refractivity contribution in [3.05, 3.63) is 29.8 Å². The van der Waals surface area contributed by atoms with E-state index in [9.17, 15) is 4.21 Å². The lowest BCUT2D eigenvalue weighted by Crippen LogP contribution is -2.31. The fraction of sp³-hybridized carbons (Fsp3) is 0.600. The molecule has 4 heteroatoms. The van der Waals surface area contributed by atoms with E-state index in [1.807, 2.05) is 12.1 Å². The van der Waals surface area contributed by atoms with Crippen molar-refractivity contribution in [3.8, 4) is 5.75 Å². The molecule has 0 fully saturated rings. The fourth-order valence-corrected chi connectivity index (χ4v) is 2.74. The van der Waals surface area contributed by atoms with Crippen LogP contribution in [-0.4, -0.2) is 29.4 Å². The molecule has 0 bridgehead atoms. The van der Waals surface area contributed by atoms with Crippen molar-refractivity contribution >= 4 is 10.8 Å². The first kappa shape index (κ1) is 16.2. The third kappa shape index (κ3) is 5.74. The standard InChI is InChI=1S/C15H25NO2S/c1-5-15(16-12(2)10-11-19(4)17)13-6-8-14(18-3)9-7-13/h6-9,12,15-16H,5,10-11H2,1-4H3. The molecule has 3 nitrogen and oxygen atoms in total. The zero-order chi connectivity index (χ0) is 14.3. The molecule has 0 aliphatic heterocycles. The molecule has 0 radical (unpaired) electrons. The lowest BCUT2D eigenvalue weighted by molar-refractivity contribution is 0.412. The smallest absolute Gasteiger partial charge is 0.118 e. The van der Waals surface area contributed by atoms with Crippen LogP contribution in [0.4, 0.5) is 0 Å². The first-order valence-corrected chi connectivity index (χ1v) is 8.49. The zero-order valence-electron chi connectivity index (χ0n) is 12.3. The van der Waals surface area contributed by atoms with Gasteiger partial charge in [0.2, 0.25) is 0 Å². The van der Waals surface area contributed by atoms with Crippen molar-refractivity contribution in [2.45, 2.75) is 38.8 Å². The molecule has 1 aromatic carbocycles. The van der Waals surface area contributed by atoms with Crippen molar-refractivity contribution in [3.63, 3.8) is 0 Å². The molecule has 0 aliphatic rings. The van der Waals surface area contributed by atoms with Gasteiger partial charge >= 0.3 is 0 Å². The van der Waals surface area contributed by atoms with Gasteiger partial charge in [-0.3, -0.25) is 4.21 Å². The van der Waals surface area contributed by atoms with E-state index in [1.54, 1.807) is 13.4 Å². The number of nitrogens with one attached hydrogen (secondary N) is 1. The average molecular weight is 283 g/mol. The molecule has 0 spiro atoms. The molecule has 0 aromatic heterocycles. The van der Waals surface area contributed by atoms with Crippen molar-refractivity contribution < 1.29 is 8.95 Å². The summed E-state index contributed by atoms with van der Waals surface area (Å²) in [6, 6.07) is 8.90. The van der Waals surface area contributed by atoms with E-state index in [1.165, 1.54) is 5.56 Å². The Morgan fingerprint density at radius 2 is 1.95 bits per heavy atom. The highest BCUT2D eigenvalue weighted by Gasteiger charge is 2.12. The summed E-state index contributed by atoms with van der Waals surface area (Å²) < 4.78 is 16.3. The quantitative estimate of drug-likeness (QED) is 0.797. The van der Waals surface area contributed by atoms with Gasteiger partial charge in [-0.1, -0.05) is 19.1 Å². The maximum atomic E-state index is 11.1. The fourth-order valence-electron chi connectivity index (χ4n) is 2.06. The number of methoxy groups -OCH3 is 1. The first-order chi connectivity index (χ1) is 9.06. The van der Waals surface area contributed by atoms with Gasteiger partial charge in [-0.05, 0) is 37.5 Å². The molecule has 0 amide bonds. The second-order valence-corrected chi connectivity index (χ2v) is 6.42.